The molecule has 6 unspecified atom stereocenters. The first-order valence-corrected chi connectivity index (χ1v) is 14.6. The van der Waals surface area contributed by atoms with E-state index in [1.54, 1.807) is 11.0 Å². The highest BCUT2D eigenvalue weighted by atomic mass is 16.2. The number of hydrogen-bond acceptors (Lipinski definition) is 2. The fourth-order valence-corrected chi connectivity index (χ4v) is 7.53. The minimum Gasteiger partial charge on any atom is -0.309 e. The Balaban J connectivity index is 0.000000152. The lowest BCUT2D eigenvalue weighted by molar-refractivity contribution is -0.124. The van der Waals surface area contributed by atoms with Gasteiger partial charge in [0.25, 0.3) is 11.8 Å². The summed E-state index contributed by atoms with van der Waals surface area (Å²) in [6, 6.07) is 0. The number of hydrogen-bond donors (Lipinski definition) is 0. The molecule has 0 saturated heterocycles. The van der Waals surface area contributed by atoms with Gasteiger partial charge in [0, 0.05) is 36.1 Å². The summed E-state index contributed by atoms with van der Waals surface area (Å²) in [6.45, 7) is 11.4. The molecule has 4 aliphatic carbocycles. The molecule has 4 bridgehead atoms. The number of amides is 2. The zero-order chi connectivity index (χ0) is 25.9. The molecule has 6 rings (SSSR count). The van der Waals surface area contributed by atoms with Crippen LogP contribution in [0.3, 0.4) is 0 Å². The van der Waals surface area contributed by atoms with Crippen molar-refractivity contribution in [1.29, 1.82) is 0 Å². The van der Waals surface area contributed by atoms with Crippen LogP contribution in [0.5, 0.6) is 0 Å². The number of nitrogens with zero attached hydrogens (tertiary/aromatic N) is 2. The second-order valence-corrected chi connectivity index (χ2v) is 12.2. The summed E-state index contributed by atoms with van der Waals surface area (Å²) in [5.41, 5.74) is 2.54. The predicted octanol–water partition coefficient (Wildman–Crippen LogP) is 6.95. The van der Waals surface area contributed by atoms with Crippen molar-refractivity contribution in [2.75, 3.05) is 13.1 Å². The lowest BCUT2D eigenvalue weighted by Crippen LogP contribution is -2.26. The van der Waals surface area contributed by atoms with Crippen LogP contribution in [0.1, 0.15) is 71.1 Å². The summed E-state index contributed by atoms with van der Waals surface area (Å²) in [5, 5.41) is 0. The quantitative estimate of drug-likeness (QED) is 0.240. The molecule has 2 fully saturated rings. The maximum absolute atomic E-state index is 11.9. The van der Waals surface area contributed by atoms with Crippen molar-refractivity contribution >= 4 is 11.8 Å². The second kappa shape index (κ2) is 11.4. The molecule has 0 aromatic carbocycles. The Hall–Kier alpha value is -2.62. The average Bonchev–Trinajstić information content (AvgIpc) is 3.73. The molecular weight excluding hydrogens is 456 g/mol. The number of rotatable bonds is 10. The van der Waals surface area contributed by atoms with Crippen LogP contribution in [-0.4, -0.2) is 34.7 Å². The van der Waals surface area contributed by atoms with Gasteiger partial charge in [0.2, 0.25) is 0 Å². The van der Waals surface area contributed by atoms with Gasteiger partial charge in [0.1, 0.15) is 0 Å². The van der Waals surface area contributed by atoms with E-state index in [0.717, 1.165) is 78.4 Å². The van der Waals surface area contributed by atoms with Crippen molar-refractivity contribution in [3.63, 3.8) is 0 Å². The molecule has 4 nitrogen and oxygen atoms in total. The number of fused-ring (bicyclic) bond motifs is 4. The fourth-order valence-electron chi connectivity index (χ4n) is 7.53. The van der Waals surface area contributed by atoms with E-state index < -0.39 is 0 Å². The van der Waals surface area contributed by atoms with E-state index in [9.17, 15) is 9.59 Å². The Kier molecular flexibility index (Phi) is 8.02. The van der Waals surface area contributed by atoms with Gasteiger partial charge in [-0.05, 0) is 106 Å². The first-order chi connectivity index (χ1) is 17.9. The summed E-state index contributed by atoms with van der Waals surface area (Å²) in [5.74, 6) is 5.54. The number of unbranched alkanes of at least 4 members (excludes halogenated alkanes) is 2. The molecule has 0 N–H and O–H groups in total. The van der Waals surface area contributed by atoms with E-state index in [0.29, 0.717) is 0 Å². The Morgan fingerprint density at radius 1 is 0.730 bits per heavy atom. The zero-order valence-corrected chi connectivity index (χ0v) is 22.6. The molecule has 6 atom stereocenters. The van der Waals surface area contributed by atoms with Crippen LogP contribution in [-0.2, 0) is 9.59 Å². The Morgan fingerprint density at radius 3 is 1.70 bits per heavy atom. The van der Waals surface area contributed by atoms with E-state index >= 15 is 0 Å². The number of carbonyl (C=O) groups excluding carboxylic acids is 2. The van der Waals surface area contributed by atoms with Crippen LogP contribution in [0.25, 0.3) is 0 Å². The van der Waals surface area contributed by atoms with Crippen LogP contribution in [0.15, 0.2) is 72.7 Å². The second-order valence-electron chi connectivity index (χ2n) is 12.2. The topological polar surface area (TPSA) is 40.6 Å². The number of allylic oxidation sites excluding steroid dienone is 6. The molecule has 6 aliphatic rings. The van der Waals surface area contributed by atoms with Crippen LogP contribution in [0, 0.1) is 35.5 Å². The number of carbonyl (C=O) groups is 2. The van der Waals surface area contributed by atoms with Crippen molar-refractivity contribution in [1.82, 2.24) is 9.80 Å². The molecule has 2 saturated carbocycles. The van der Waals surface area contributed by atoms with E-state index in [1.165, 1.54) is 51.4 Å². The molecule has 2 aliphatic heterocycles. The standard InChI is InChI=1S/C17H23NO.C16H21NO/c1-12-9-13(2)18(17(12)19)8-4-3-5-15-10-14-6-7-16(15)11-14;1-12-5-8-16(18)17(12)9-3-2-4-14-10-13-6-7-15(14)11-13/h6-7,9,14-16H,2-5,8,10-11H2,1H3;5-8,13-15H,1-4,9-11H2. The largest absolute Gasteiger partial charge is 0.309 e. The molecule has 2 heterocycles. The summed E-state index contributed by atoms with van der Waals surface area (Å²) in [4.78, 5) is 27.0. The van der Waals surface area contributed by atoms with Gasteiger partial charge in [-0.1, -0.05) is 50.3 Å². The molecule has 198 valence electrons. The monoisotopic (exact) mass is 500 g/mol. The molecule has 0 spiro atoms. The lowest BCUT2D eigenvalue weighted by atomic mass is 9.89. The van der Waals surface area contributed by atoms with Crippen molar-refractivity contribution < 1.29 is 9.59 Å². The third kappa shape index (κ3) is 5.94. The predicted molar refractivity (Wildman–Crippen MR) is 150 cm³/mol. The zero-order valence-electron chi connectivity index (χ0n) is 22.6. The van der Waals surface area contributed by atoms with Gasteiger partial charge in [-0.3, -0.25) is 9.59 Å². The van der Waals surface area contributed by atoms with Gasteiger partial charge in [0.15, 0.2) is 0 Å². The summed E-state index contributed by atoms with van der Waals surface area (Å²) < 4.78 is 0. The maximum atomic E-state index is 11.9. The highest BCUT2D eigenvalue weighted by molar-refractivity contribution is 5.98. The maximum Gasteiger partial charge on any atom is 0.253 e. The lowest BCUT2D eigenvalue weighted by Gasteiger charge is -2.20. The third-order valence-electron chi connectivity index (χ3n) is 9.59. The smallest absolute Gasteiger partial charge is 0.253 e. The molecule has 0 aromatic rings. The van der Waals surface area contributed by atoms with Crippen LogP contribution in [0.2, 0.25) is 0 Å². The van der Waals surface area contributed by atoms with Gasteiger partial charge >= 0.3 is 0 Å². The van der Waals surface area contributed by atoms with Gasteiger partial charge in [-0.25, -0.2) is 0 Å². The minimum absolute atomic E-state index is 0.0999. The van der Waals surface area contributed by atoms with Crippen LogP contribution >= 0.6 is 0 Å². The fraction of sp³-hybridized carbons (Fsp3) is 0.576. The van der Waals surface area contributed by atoms with Crippen LogP contribution < -0.4 is 0 Å². The minimum atomic E-state index is 0.0999. The first kappa shape index (κ1) is 26.0. The summed E-state index contributed by atoms with van der Waals surface area (Å²) in [7, 11) is 0. The molecule has 4 heteroatoms. The van der Waals surface area contributed by atoms with E-state index in [4.69, 9.17) is 0 Å². The van der Waals surface area contributed by atoms with E-state index in [2.05, 4.69) is 37.5 Å². The molecule has 2 amide bonds. The van der Waals surface area contributed by atoms with Crippen molar-refractivity contribution in [2.24, 2.45) is 35.5 Å². The van der Waals surface area contributed by atoms with Gasteiger partial charge in [-0.2, -0.15) is 0 Å². The summed E-state index contributed by atoms with van der Waals surface area (Å²) >= 11 is 0. The van der Waals surface area contributed by atoms with Gasteiger partial charge < -0.3 is 9.80 Å². The average molecular weight is 501 g/mol. The van der Waals surface area contributed by atoms with Gasteiger partial charge in [0.05, 0.1) is 0 Å². The normalized spacial score (nSPS) is 32.8. The molecule has 0 aromatic heterocycles. The van der Waals surface area contributed by atoms with Crippen molar-refractivity contribution in [3.8, 4) is 0 Å². The van der Waals surface area contributed by atoms with Crippen molar-refractivity contribution in [3.05, 3.63) is 72.7 Å². The Labute approximate surface area is 223 Å². The molecule has 0 radical (unpaired) electrons. The van der Waals surface area contributed by atoms with Crippen molar-refractivity contribution in [2.45, 2.75) is 71.1 Å². The highest BCUT2D eigenvalue weighted by Crippen LogP contribution is 2.46. The van der Waals surface area contributed by atoms with E-state index in [1.807, 2.05) is 24.0 Å². The summed E-state index contributed by atoms with van der Waals surface area (Å²) in [6.07, 6.45) is 27.9. The first-order valence-electron chi connectivity index (χ1n) is 14.6. The SMILES string of the molecule is C=C1C=C(C)C(=O)N1CCCCC1CC2C=CC1C2.C=C1C=CC(=O)N1CCCCC1CC2C=CC1C2. The van der Waals surface area contributed by atoms with Gasteiger partial charge in [-0.15, -0.1) is 0 Å². The van der Waals surface area contributed by atoms with Crippen LogP contribution in [0.4, 0.5) is 0 Å². The molecule has 37 heavy (non-hydrogen) atoms. The Morgan fingerprint density at radius 2 is 1.30 bits per heavy atom. The Bertz CT molecular complexity index is 1030. The van der Waals surface area contributed by atoms with E-state index in [-0.39, 0.29) is 11.8 Å². The third-order valence-corrected chi connectivity index (χ3v) is 9.59. The highest BCUT2D eigenvalue weighted by Gasteiger charge is 2.35. The molecular formula is C33H44N2O2.